The molecule has 33 heavy (non-hydrogen) atoms. The van der Waals surface area contributed by atoms with Crippen molar-refractivity contribution in [1.82, 2.24) is 19.7 Å². The number of nitrogens with one attached hydrogen (secondary N) is 1. The van der Waals surface area contributed by atoms with E-state index in [0.29, 0.717) is 22.9 Å². The summed E-state index contributed by atoms with van der Waals surface area (Å²) in [5.41, 5.74) is 4.87. The van der Waals surface area contributed by atoms with Crippen molar-refractivity contribution in [2.24, 2.45) is 15.9 Å². The van der Waals surface area contributed by atoms with Crippen LogP contribution >= 0.6 is 0 Å². The van der Waals surface area contributed by atoms with Crippen LogP contribution in [-0.2, 0) is 0 Å². The van der Waals surface area contributed by atoms with E-state index >= 15 is 0 Å². The third-order valence-electron chi connectivity index (χ3n) is 5.77. The molecule has 1 aliphatic heterocycles. The van der Waals surface area contributed by atoms with Gasteiger partial charge >= 0.3 is 0 Å². The molecule has 9 nitrogen and oxygen atoms in total. The molecule has 0 amide bonds. The summed E-state index contributed by atoms with van der Waals surface area (Å²) in [5, 5.41) is 17.0. The fourth-order valence-electron chi connectivity index (χ4n) is 3.99. The van der Waals surface area contributed by atoms with Crippen LogP contribution in [0.15, 0.2) is 46.8 Å². The summed E-state index contributed by atoms with van der Waals surface area (Å²) < 4.78 is 7.97. The number of rotatable bonds is 6. The lowest BCUT2D eigenvalue weighted by Crippen LogP contribution is -2.31. The Labute approximate surface area is 193 Å². The zero-order chi connectivity index (χ0) is 23.4. The van der Waals surface area contributed by atoms with E-state index in [1.807, 2.05) is 45.0 Å². The number of ether oxygens (including phenoxy) is 1. The number of hydrogen-bond donors (Lipinski definition) is 2. The van der Waals surface area contributed by atoms with Crippen molar-refractivity contribution in [1.29, 1.82) is 5.26 Å². The Morgan fingerprint density at radius 2 is 2.06 bits per heavy atom. The molecular weight excluding hydrogens is 416 g/mol. The van der Waals surface area contributed by atoms with Gasteiger partial charge < -0.3 is 15.9 Å². The van der Waals surface area contributed by atoms with Gasteiger partial charge in [0.05, 0.1) is 23.6 Å². The summed E-state index contributed by atoms with van der Waals surface area (Å²) in [5.74, 6) is 6.27. The van der Waals surface area contributed by atoms with Crippen LogP contribution in [0.25, 0.3) is 5.65 Å². The van der Waals surface area contributed by atoms with E-state index in [4.69, 9.17) is 15.6 Å². The minimum atomic E-state index is -0.347. The molecule has 0 radical (unpaired) electrons. The standard InChI is InChI=1S/C24H28N8O/c1-15-4-5-21(28-13-15)17(3)33-23-11-18(10-22-29-14-20(12-25)32(22)23)24(31-26)16(2)30-19-6-8-27-9-7-19/h4-5,10-11,13-14,17,19,27H,6-9,26H2,1-3H3/b30-16?,31-24+. The van der Waals surface area contributed by atoms with Crippen LogP contribution in [0, 0.1) is 18.3 Å². The maximum absolute atomic E-state index is 9.58. The number of hydrazone groups is 1. The SMILES string of the molecule is CC(=NC1CCNCC1)/C(=N\N)c1cc(OC(C)c2ccc(C)cn2)n2c(C#N)cnc2c1. The van der Waals surface area contributed by atoms with Gasteiger partial charge in [-0.05, 0) is 64.4 Å². The second kappa shape index (κ2) is 9.79. The van der Waals surface area contributed by atoms with E-state index in [2.05, 4.69) is 26.5 Å². The molecule has 3 aromatic heterocycles. The zero-order valence-corrected chi connectivity index (χ0v) is 19.1. The van der Waals surface area contributed by atoms with Gasteiger partial charge in [0, 0.05) is 17.8 Å². The Balaban J connectivity index is 1.73. The maximum atomic E-state index is 9.58. The zero-order valence-electron chi connectivity index (χ0n) is 19.1. The van der Waals surface area contributed by atoms with Crippen molar-refractivity contribution in [3.05, 3.63) is 59.2 Å². The lowest BCUT2D eigenvalue weighted by atomic mass is 10.0. The van der Waals surface area contributed by atoms with Crippen LogP contribution in [-0.4, -0.2) is 44.9 Å². The Bertz CT molecular complexity index is 1230. The Kier molecular flexibility index (Phi) is 6.66. The topological polar surface area (TPSA) is 126 Å². The molecule has 1 unspecified atom stereocenters. The van der Waals surface area contributed by atoms with E-state index in [1.165, 1.54) is 6.20 Å². The van der Waals surface area contributed by atoms with Crippen molar-refractivity contribution in [3.8, 4) is 11.9 Å². The van der Waals surface area contributed by atoms with Crippen LogP contribution in [0.2, 0.25) is 0 Å². The van der Waals surface area contributed by atoms with Gasteiger partial charge in [-0.1, -0.05) is 6.07 Å². The van der Waals surface area contributed by atoms with Crippen LogP contribution in [0.4, 0.5) is 0 Å². The average Bonchev–Trinajstić information content (AvgIpc) is 3.24. The van der Waals surface area contributed by atoms with E-state index in [1.54, 1.807) is 10.6 Å². The number of nitrogens with zero attached hydrogens (tertiary/aromatic N) is 6. The van der Waals surface area contributed by atoms with Crippen molar-refractivity contribution >= 4 is 17.1 Å². The number of aromatic nitrogens is 3. The summed E-state index contributed by atoms with van der Waals surface area (Å²) in [7, 11) is 0. The first-order valence-corrected chi connectivity index (χ1v) is 11.0. The van der Waals surface area contributed by atoms with Gasteiger partial charge in [-0.2, -0.15) is 10.4 Å². The molecule has 0 bridgehead atoms. The van der Waals surface area contributed by atoms with Crippen molar-refractivity contribution < 1.29 is 4.74 Å². The van der Waals surface area contributed by atoms with Crippen LogP contribution in [0.5, 0.6) is 5.88 Å². The first-order valence-electron chi connectivity index (χ1n) is 11.0. The third-order valence-corrected chi connectivity index (χ3v) is 5.77. The summed E-state index contributed by atoms with van der Waals surface area (Å²) in [6, 6.07) is 10.0. The first-order chi connectivity index (χ1) is 16.0. The minimum absolute atomic E-state index is 0.242. The number of fused-ring (bicyclic) bond motifs is 1. The molecule has 0 aliphatic carbocycles. The molecule has 4 rings (SSSR count). The molecule has 1 fully saturated rings. The smallest absolute Gasteiger partial charge is 0.201 e. The number of imidazole rings is 1. The molecule has 0 spiro atoms. The first kappa shape index (κ1) is 22.4. The predicted molar refractivity (Wildman–Crippen MR) is 128 cm³/mol. The van der Waals surface area contributed by atoms with Crippen molar-refractivity contribution in [3.63, 3.8) is 0 Å². The highest BCUT2D eigenvalue weighted by atomic mass is 16.5. The number of pyridine rings is 2. The molecule has 3 N–H and O–H groups in total. The lowest BCUT2D eigenvalue weighted by Gasteiger charge is -2.20. The molecule has 9 heteroatoms. The number of aliphatic imine (C=N–C) groups is 1. The molecule has 4 heterocycles. The summed E-state index contributed by atoms with van der Waals surface area (Å²) in [6.07, 6.45) is 4.94. The molecule has 3 aromatic rings. The van der Waals surface area contributed by atoms with Crippen molar-refractivity contribution in [2.45, 2.75) is 45.8 Å². The van der Waals surface area contributed by atoms with E-state index < -0.39 is 0 Å². The largest absolute Gasteiger partial charge is 0.469 e. The van der Waals surface area contributed by atoms with Gasteiger partial charge in [0.2, 0.25) is 5.88 Å². The predicted octanol–water partition coefficient (Wildman–Crippen LogP) is 2.93. The maximum Gasteiger partial charge on any atom is 0.201 e. The summed E-state index contributed by atoms with van der Waals surface area (Å²) in [6.45, 7) is 7.73. The Morgan fingerprint density at radius 1 is 1.27 bits per heavy atom. The van der Waals surface area contributed by atoms with E-state index in [9.17, 15) is 5.26 Å². The van der Waals surface area contributed by atoms with Crippen LogP contribution in [0.1, 0.15) is 55.3 Å². The molecule has 1 aliphatic rings. The van der Waals surface area contributed by atoms with Crippen molar-refractivity contribution in [2.75, 3.05) is 13.1 Å². The molecule has 170 valence electrons. The fraction of sp³-hybridized carbons (Fsp3) is 0.375. The average molecular weight is 445 g/mol. The van der Waals surface area contributed by atoms with E-state index in [-0.39, 0.29) is 12.1 Å². The quantitative estimate of drug-likeness (QED) is 0.342. The summed E-state index contributed by atoms with van der Waals surface area (Å²) in [4.78, 5) is 13.7. The highest BCUT2D eigenvalue weighted by Gasteiger charge is 2.19. The van der Waals surface area contributed by atoms with Gasteiger partial charge in [-0.15, -0.1) is 0 Å². The number of hydrogen-bond acceptors (Lipinski definition) is 8. The molecule has 0 aromatic carbocycles. The second-order valence-corrected chi connectivity index (χ2v) is 8.22. The number of piperidine rings is 1. The number of nitriles is 1. The van der Waals surface area contributed by atoms with Gasteiger partial charge in [0.25, 0.3) is 0 Å². The van der Waals surface area contributed by atoms with Crippen LogP contribution < -0.4 is 15.9 Å². The van der Waals surface area contributed by atoms with Gasteiger partial charge in [0.15, 0.2) is 0 Å². The number of nitrogens with two attached hydrogens (primary N) is 1. The molecule has 1 saturated heterocycles. The Hall–Kier alpha value is -3.77. The molecular formula is C24H28N8O. The van der Waals surface area contributed by atoms with E-state index in [0.717, 1.165) is 48.5 Å². The van der Waals surface area contributed by atoms with Gasteiger partial charge in [0.1, 0.15) is 29.2 Å². The highest BCUT2D eigenvalue weighted by molar-refractivity contribution is 6.47. The monoisotopic (exact) mass is 444 g/mol. The normalized spacial score (nSPS) is 16.5. The summed E-state index contributed by atoms with van der Waals surface area (Å²) >= 11 is 0. The third kappa shape index (κ3) is 4.86. The fourth-order valence-corrected chi connectivity index (χ4v) is 3.99. The molecule has 1 atom stereocenters. The highest BCUT2D eigenvalue weighted by Crippen LogP contribution is 2.26. The minimum Gasteiger partial charge on any atom is -0.469 e. The second-order valence-electron chi connectivity index (χ2n) is 8.22. The van der Waals surface area contributed by atoms with Gasteiger partial charge in [-0.25, -0.2) is 4.98 Å². The van der Waals surface area contributed by atoms with Gasteiger partial charge in [-0.3, -0.25) is 14.4 Å². The molecule has 0 saturated carbocycles. The Morgan fingerprint density at radius 3 is 2.73 bits per heavy atom. The van der Waals surface area contributed by atoms with Crippen LogP contribution in [0.3, 0.4) is 0 Å². The lowest BCUT2D eigenvalue weighted by molar-refractivity contribution is 0.210. The number of aryl methyl sites for hydroxylation is 1.